The lowest BCUT2D eigenvalue weighted by Crippen LogP contribution is -2.37. The molecule has 0 heterocycles. The molecule has 18 heavy (non-hydrogen) atoms. The van der Waals surface area contributed by atoms with Crippen LogP contribution in [0.2, 0.25) is 0 Å². The van der Waals surface area contributed by atoms with Crippen molar-refractivity contribution in [2.75, 3.05) is 26.0 Å². The van der Waals surface area contributed by atoms with Crippen LogP contribution in [0.3, 0.4) is 0 Å². The summed E-state index contributed by atoms with van der Waals surface area (Å²) in [6.07, 6.45) is 0. The molecule has 2 atom stereocenters. The Kier molecular flexibility index (Phi) is 7.16. The third-order valence-corrected chi connectivity index (χ3v) is 4.09. The molecule has 0 aliphatic rings. The van der Waals surface area contributed by atoms with Crippen molar-refractivity contribution in [2.45, 2.75) is 25.6 Å². The Hall–Kier alpha value is -0.710. The lowest BCUT2D eigenvalue weighted by molar-refractivity contribution is 0.174. The third-order valence-electron chi connectivity index (χ3n) is 2.66. The van der Waals surface area contributed by atoms with Crippen LogP contribution >= 0.6 is 0 Å². The zero-order valence-electron chi connectivity index (χ0n) is 11.4. The predicted molar refractivity (Wildman–Crippen MR) is 77.2 cm³/mol. The minimum atomic E-state index is -0.855. The first-order chi connectivity index (χ1) is 8.65. The van der Waals surface area contributed by atoms with E-state index in [1.807, 2.05) is 19.1 Å². The molecule has 0 aliphatic carbocycles. The van der Waals surface area contributed by atoms with Crippen molar-refractivity contribution in [2.24, 2.45) is 0 Å². The van der Waals surface area contributed by atoms with Crippen LogP contribution < -0.4 is 5.32 Å². The van der Waals surface area contributed by atoms with Crippen molar-refractivity contribution in [1.29, 1.82) is 0 Å². The van der Waals surface area contributed by atoms with Crippen molar-refractivity contribution < 1.29 is 8.95 Å². The predicted octanol–water partition coefficient (Wildman–Crippen LogP) is 1.87. The van der Waals surface area contributed by atoms with Crippen LogP contribution in [0.1, 0.15) is 18.1 Å². The van der Waals surface area contributed by atoms with E-state index in [1.54, 1.807) is 7.11 Å². The maximum absolute atomic E-state index is 12.1. The van der Waals surface area contributed by atoms with E-state index in [4.69, 9.17) is 4.74 Å². The van der Waals surface area contributed by atoms with Gasteiger partial charge in [-0.15, -0.1) is 0 Å². The summed E-state index contributed by atoms with van der Waals surface area (Å²) in [7, 11) is 0.820. The highest BCUT2D eigenvalue weighted by molar-refractivity contribution is 7.84. The second-order valence-electron chi connectivity index (χ2n) is 4.45. The van der Waals surface area contributed by atoms with Gasteiger partial charge in [-0.2, -0.15) is 0 Å². The van der Waals surface area contributed by atoms with Crippen LogP contribution in [0.4, 0.5) is 0 Å². The number of ether oxygens (including phenoxy) is 1. The number of likely N-dealkylation sites (N-methyl/N-ethyl adjacent to an activating group) is 1. The number of rotatable bonds is 8. The van der Waals surface area contributed by atoms with Crippen LogP contribution in [0.15, 0.2) is 24.3 Å². The van der Waals surface area contributed by atoms with E-state index in [0.717, 1.165) is 12.1 Å². The molecule has 0 aliphatic heterocycles. The monoisotopic (exact) mass is 269 g/mol. The summed E-state index contributed by atoms with van der Waals surface area (Å²) in [6.45, 7) is 5.58. The van der Waals surface area contributed by atoms with Gasteiger partial charge in [-0.05, 0) is 19.0 Å². The van der Waals surface area contributed by atoms with Crippen LogP contribution in [-0.2, 0) is 21.3 Å². The molecule has 0 saturated heterocycles. The standard InChI is InChI=1S/C14H23NO2S/c1-4-15-14(9-17-3)11-18(16)10-13-7-5-6-12(2)8-13/h5-8,14-15H,4,9-11H2,1-3H3. The zero-order chi connectivity index (χ0) is 13.4. The molecule has 3 nitrogen and oxygen atoms in total. The van der Waals surface area contributed by atoms with E-state index in [2.05, 4.69) is 24.4 Å². The molecule has 2 unspecified atom stereocenters. The first kappa shape index (κ1) is 15.3. The average molecular weight is 269 g/mol. The smallest absolute Gasteiger partial charge is 0.0624 e. The highest BCUT2D eigenvalue weighted by Gasteiger charge is 2.11. The number of hydrogen-bond acceptors (Lipinski definition) is 3. The van der Waals surface area contributed by atoms with E-state index < -0.39 is 10.8 Å². The fourth-order valence-corrected chi connectivity index (χ4v) is 3.26. The quantitative estimate of drug-likeness (QED) is 0.783. The van der Waals surface area contributed by atoms with E-state index in [1.165, 1.54) is 5.56 Å². The van der Waals surface area contributed by atoms with Crippen molar-refractivity contribution >= 4 is 10.8 Å². The normalized spacial score (nSPS) is 14.4. The van der Waals surface area contributed by atoms with Gasteiger partial charge in [0.25, 0.3) is 0 Å². The molecular weight excluding hydrogens is 246 g/mol. The van der Waals surface area contributed by atoms with Crippen molar-refractivity contribution in [3.05, 3.63) is 35.4 Å². The Morgan fingerprint density at radius 2 is 2.22 bits per heavy atom. The lowest BCUT2D eigenvalue weighted by atomic mass is 10.2. The maximum Gasteiger partial charge on any atom is 0.0624 e. The SMILES string of the molecule is CCNC(COC)CS(=O)Cc1cccc(C)c1. The fourth-order valence-electron chi connectivity index (χ4n) is 1.93. The Bertz CT molecular complexity index is 376. The van der Waals surface area contributed by atoms with Gasteiger partial charge in [0.2, 0.25) is 0 Å². The Morgan fingerprint density at radius 3 is 2.83 bits per heavy atom. The third kappa shape index (κ3) is 5.76. The second-order valence-corrected chi connectivity index (χ2v) is 5.95. The van der Waals surface area contributed by atoms with Gasteiger partial charge < -0.3 is 10.1 Å². The molecule has 0 spiro atoms. The molecule has 0 saturated carbocycles. The summed E-state index contributed by atoms with van der Waals surface area (Å²) in [4.78, 5) is 0. The molecule has 4 heteroatoms. The summed E-state index contributed by atoms with van der Waals surface area (Å²) in [6, 6.07) is 8.36. The molecule has 0 aromatic heterocycles. The molecule has 1 rings (SSSR count). The summed E-state index contributed by atoms with van der Waals surface area (Å²) in [5.74, 6) is 1.25. The highest BCUT2D eigenvalue weighted by Crippen LogP contribution is 2.07. The number of hydrogen-bond donors (Lipinski definition) is 1. The van der Waals surface area contributed by atoms with Crippen LogP contribution in [0, 0.1) is 6.92 Å². The van der Waals surface area contributed by atoms with Crippen LogP contribution in [0.5, 0.6) is 0 Å². The first-order valence-electron chi connectivity index (χ1n) is 6.28. The van der Waals surface area contributed by atoms with Gasteiger partial charge in [0.15, 0.2) is 0 Å². The van der Waals surface area contributed by atoms with E-state index in [9.17, 15) is 4.21 Å². The second kappa shape index (κ2) is 8.40. The Labute approximate surface area is 112 Å². The average Bonchev–Trinajstić information content (AvgIpc) is 2.29. The number of nitrogens with one attached hydrogen (secondary N) is 1. The van der Waals surface area contributed by atoms with Gasteiger partial charge in [0.1, 0.15) is 0 Å². The van der Waals surface area contributed by atoms with Gasteiger partial charge in [0.05, 0.1) is 6.61 Å². The van der Waals surface area contributed by atoms with Gasteiger partial charge >= 0.3 is 0 Å². The Morgan fingerprint density at radius 1 is 1.44 bits per heavy atom. The number of methoxy groups -OCH3 is 1. The number of benzene rings is 1. The van der Waals surface area contributed by atoms with Crippen molar-refractivity contribution in [3.8, 4) is 0 Å². The van der Waals surface area contributed by atoms with Crippen molar-refractivity contribution in [3.63, 3.8) is 0 Å². The Balaban J connectivity index is 2.49. The lowest BCUT2D eigenvalue weighted by Gasteiger charge is -2.16. The van der Waals surface area contributed by atoms with E-state index in [0.29, 0.717) is 18.1 Å². The van der Waals surface area contributed by atoms with Gasteiger partial charge in [-0.3, -0.25) is 4.21 Å². The minimum absolute atomic E-state index is 0.172. The van der Waals surface area contributed by atoms with Gasteiger partial charge in [0, 0.05) is 35.5 Å². The molecule has 102 valence electrons. The molecule has 1 aromatic carbocycles. The van der Waals surface area contributed by atoms with Gasteiger partial charge in [-0.1, -0.05) is 36.8 Å². The van der Waals surface area contributed by atoms with E-state index >= 15 is 0 Å². The molecule has 0 fully saturated rings. The molecule has 0 amide bonds. The maximum atomic E-state index is 12.1. The molecule has 0 bridgehead atoms. The molecule has 1 N–H and O–H groups in total. The summed E-state index contributed by atoms with van der Waals surface area (Å²) < 4.78 is 17.2. The zero-order valence-corrected chi connectivity index (χ0v) is 12.3. The minimum Gasteiger partial charge on any atom is -0.383 e. The van der Waals surface area contributed by atoms with E-state index in [-0.39, 0.29) is 6.04 Å². The summed E-state index contributed by atoms with van der Waals surface area (Å²) >= 11 is 0. The van der Waals surface area contributed by atoms with Crippen LogP contribution in [-0.4, -0.2) is 36.3 Å². The number of aryl methyl sites for hydroxylation is 1. The molecular formula is C14H23NO2S. The first-order valence-corrected chi connectivity index (χ1v) is 7.77. The van der Waals surface area contributed by atoms with Crippen LogP contribution in [0.25, 0.3) is 0 Å². The van der Waals surface area contributed by atoms with Gasteiger partial charge in [-0.25, -0.2) is 0 Å². The topological polar surface area (TPSA) is 38.3 Å². The molecule has 0 radical (unpaired) electrons. The largest absolute Gasteiger partial charge is 0.383 e. The summed E-state index contributed by atoms with van der Waals surface area (Å²) in [5, 5.41) is 3.29. The highest BCUT2D eigenvalue weighted by atomic mass is 32.2. The summed E-state index contributed by atoms with van der Waals surface area (Å²) in [5.41, 5.74) is 2.35. The fraction of sp³-hybridized carbons (Fsp3) is 0.571. The van der Waals surface area contributed by atoms with Crippen molar-refractivity contribution in [1.82, 2.24) is 5.32 Å². The molecule has 1 aromatic rings.